The predicted molar refractivity (Wildman–Crippen MR) is 74.9 cm³/mol. The first-order chi connectivity index (χ1) is 9.93. The highest BCUT2D eigenvalue weighted by molar-refractivity contribution is 6.00. The first kappa shape index (κ1) is 11.0. The Morgan fingerprint density at radius 2 is 1.10 bits per heavy atom. The van der Waals surface area contributed by atoms with Crippen LogP contribution in [0.2, 0.25) is 0 Å². The molecule has 0 unspecified atom stereocenters. The van der Waals surface area contributed by atoms with Crippen molar-refractivity contribution in [2.75, 3.05) is 0 Å². The fraction of sp³-hybridized carbons (Fsp3) is 0. The number of hydrogen-bond donors (Lipinski definition) is 0. The monoisotopic (exact) mass is 262 g/mol. The van der Waals surface area contributed by atoms with Gasteiger partial charge in [0.25, 0.3) is 0 Å². The van der Waals surface area contributed by atoms with Crippen molar-refractivity contribution in [1.82, 2.24) is 10.2 Å². The number of hydrogen-bond acceptors (Lipinski definition) is 4. The lowest BCUT2D eigenvalue weighted by Crippen LogP contribution is -1.93. The van der Waals surface area contributed by atoms with Gasteiger partial charge in [-0.2, -0.15) is 0 Å². The van der Waals surface area contributed by atoms with Gasteiger partial charge in [0.15, 0.2) is 11.5 Å². The van der Waals surface area contributed by atoms with E-state index in [1.807, 2.05) is 48.5 Å². The third kappa shape index (κ3) is 1.62. The zero-order valence-electron chi connectivity index (χ0n) is 10.5. The molecule has 0 bridgehead atoms. The van der Waals surface area contributed by atoms with E-state index in [0.717, 1.165) is 22.2 Å². The van der Waals surface area contributed by atoms with Crippen LogP contribution in [0.1, 0.15) is 0 Å². The van der Waals surface area contributed by atoms with Crippen molar-refractivity contribution in [1.29, 1.82) is 0 Å². The van der Waals surface area contributed by atoms with Gasteiger partial charge in [-0.25, -0.2) is 0 Å². The van der Waals surface area contributed by atoms with Crippen LogP contribution in [0.4, 0.5) is 0 Å². The molecule has 4 heteroatoms. The van der Waals surface area contributed by atoms with E-state index < -0.39 is 0 Å². The molecule has 1 aromatic carbocycles. The molecule has 4 rings (SSSR count). The van der Waals surface area contributed by atoms with Gasteiger partial charge in [0, 0.05) is 10.8 Å². The van der Waals surface area contributed by atoms with Crippen LogP contribution in [0.15, 0.2) is 69.9 Å². The van der Waals surface area contributed by atoms with Gasteiger partial charge in [0.2, 0.25) is 0 Å². The van der Waals surface area contributed by atoms with Crippen molar-refractivity contribution in [3.8, 4) is 22.9 Å². The maximum Gasteiger partial charge on any atom is 0.154 e. The molecule has 4 nitrogen and oxygen atoms in total. The lowest BCUT2D eigenvalue weighted by molar-refractivity contribution is 0.576. The molecule has 0 aliphatic rings. The standard InChI is InChI=1S/C16H10N2O2/c1-2-6-12-11(5-1)15(13-7-3-9-19-13)17-18-16(12)14-8-4-10-20-14/h1-10H. The Labute approximate surface area is 114 Å². The Hall–Kier alpha value is -2.88. The van der Waals surface area contributed by atoms with Gasteiger partial charge in [0.1, 0.15) is 11.4 Å². The van der Waals surface area contributed by atoms with Gasteiger partial charge in [-0.05, 0) is 24.3 Å². The van der Waals surface area contributed by atoms with Crippen molar-refractivity contribution in [3.05, 3.63) is 61.1 Å². The average molecular weight is 262 g/mol. The Bertz CT molecular complexity index is 777. The van der Waals surface area contributed by atoms with Crippen LogP contribution in [-0.4, -0.2) is 10.2 Å². The Morgan fingerprint density at radius 1 is 0.600 bits per heavy atom. The van der Waals surface area contributed by atoms with Crippen LogP contribution in [0, 0.1) is 0 Å². The van der Waals surface area contributed by atoms with Crippen LogP contribution in [0.3, 0.4) is 0 Å². The van der Waals surface area contributed by atoms with Crippen molar-refractivity contribution in [3.63, 3.8) is 0 Å². The number of nitrogens with zero attached hydrogens (tertiary/aromatic N) is 2. The molecule has 0 fully saturated rings. The quantitative estimate of drug-likeness (QED) is 0.544. The molecule has 3 aromatic heterocycles. The highest BCUT2D eigenvalue weighted by atomic mass is 16.3. The molecule has 0 saturated heterocycles. The molecule has 0 spiro atoms. The van der Waals surface area contributed by atoms with E-state index in [0.29, 0.717) is 11.5 Å². The summed E-state index contributed by atoms with van der Waals surface area (Å²) in [5.41, 5.74) is 1.47. The Balaban J connectivity index is 2.05. The smallest absolute Gasteiger partial charge is 0.154 e. The molecule has 0 radical (unpaired) electrons. The van der Waals surface area contributed by atoms with Crippen LogP contribution in [0.5, 0.6) is 0 Å². The number of aromatic nitrogens is 2. The highest BCUT2D eigenvalue weighted by Crippen LogP contribution is 2.32. The van der Waals surface area contributed by atoms with Gasteiger partial charge in [0.05, 0.1) is 12.5 Å². The largest absolute Gasteiger partial charge is 0.463 e. The highest BCUT2D eigenvalue weighted by Gasteiger charge is 2.14. The molecular weight excluding hydrogens is 252 g/mol. The van der Waals surface area contributed by atoms with Gasteiger partial charge < -0.3 is 8.83 Å². The van der Waals surface area contributed by atoms with Crippen LogP contribution in [0.25, 0.3) is 33.7 Å². The van der Waals surface area contributed by atoms with Crippen molar-refractivity contribution in [2.24, 2.45) is 0 Å². The first-order valence-electron chi connectivity index (χ1n) is 6.26. The summed E-state index contributed by atoms with van der Waals surface area (Å²) in [4.78, 5) is 0. The fourth-order valence-corrected chi connectivity index (χ4v) is 2.29. The summed E-state index contributed by atoms with van der Waals surface area (Å²) in [5, 5.41) is 10.6. The summed E-state index contributed by atoms with van der Waals surface area (Å²) >= 11 is 0. The van der Waals surface area contributed by atoms with Crippen molar-refractivity contribution < 1.29 is 8.83 Å². The fourth-order valence-electron chi connectivity index (χ4n) is 2.29. The SMILES string of the molecule is c1coc(-c2nnc(-c3ccco3)c3ccccc23)c1. The van der Waals surface area contributed by atoms with Crippen molar-refractivity contribution in [2.45, 2.75) is 0 Å². The molecule has 0 aliphatic carbocycles. The number of rotatable bonds is 2. The number of fused-ring (bicyclic) bond motifs is 1. The second kappa shape index (κ2) is 4.35. The summed E-state index contributed by atoms with van der Waals surface area (Å²) in [7, 11) is 0. The van der Waals surface area contributed by atoms with Crippen LogP contribution < -0.4 is 0 Å². The second-order valence-corrected chi connectivity index (χ2v) is 4.40. The summed E-state index contributed by atoms with van der Waals surface area (Å²) in [5.74, 6) is 1.42. The topological polar surface area (TPSA) is 52.1 Å². The Morgan fingerprint density at radius 3 is 1.50 bits per heavy atom. The zero-order chi connectivity index (χ0) is 13.4. The van der Waals surface area contributed by atoms with Gasteiger partial charge in [-0.15, -0.1) is 10.2 Å². The number of benzene rings is 1. The summed E-state index contributed by atoms with van der Waals surface area (Å²) < 4.78 is 10.9. The van der Waals surface area contributed by atoms with E-state index in [9.17, 15) is 0 Å². The maximum absolute atomic E-state index is 5.43. The summed E-state index contributed by atoms with van der Waals surface area (Å²) in [6, 6.07) is 15.4. The Kier molecular flexibility index (Phi) is 2.39. The van der Waals surface area contributed by atoms with E-state index in [1.54, 1.807) is 12.5 Å². The lowest BCUT2D eigenvalue weighted by Gasteiger charge is -2.05. The lowest BCUT2D eigenvalue weighted by atomic mass is 10.1. The minimum absolute atomic E-state index is 0.708. The molecule has 0 saturated carbocycles. The van der Waals surface area contributed by atoms with Crippen LogP contribution >= 0.6 is 0 Å². The van der Waals surface area contributed by atoms with E-state index in [4.69, 9.17) is 8.83 Å². The summed E-state index contributed by atoms with van der Waals surface area (Å²) in [6.07, 6.45) is 3.26. The number of furan rings is 2. The molecule has 20 heavy (non-hydrogen) atoms. The molecule has 0 N–H and O–H groups in total. The zero-order valence-corrected chi connectivity index (χ0v) is 10.5. The third-order valence-electron chi connectivity index (χ3n) is 3.20. The van der Waals surface area contributed by atoms with Gasteiger partial charge in [-0.3, -0.25) is 0 Å². The van der Waals surface area contributed by atoms with Crippen molar-refractivity contribution >= 4 is 10.8 Å². The third-order valence-corrected chi connectivity index (χ3v) is 3.20. The first-order valence-corrected chi connectivity index (χ1v) is 6.26. The molecule has 3 heterocycles. The van der Waals surface area contributed by atoms with E-state index in [2.05, 4.69) is 10.2 Å². The molecule has 0 amide bonds. The van der Waals surface area contributed by atoms with Gasteiger partial charge in [-0.1, -0.05) is 24.3 Å². The maximum atomic E-state index is 5.43. The van der Waals surface area contributed by atoms with E-state index in [1.165, 1.54) is 0 Å². The summed E-state index contributed by atoms with van der Waals surface area (Å²) in [6.45, 7) is 0. The molecule has 0 atom stereocenters. The molecule has 4 aromatic rings. The molecule has 0 aliphatic heterocycles. The van der Waals surface area contributed by atoms with E-state index in [-0.39, 0.29) is 0 Å². The average Bonchev–Trinajstić information content (AvgIpc) is 3.19. The van der Waals surface area contributed by atoms with Crippen LogP contribution in [-0.2, 0) is 0 Å². The predicted octanol–water partition coefficient (Wildman–Crippen LogP) is 4.15. The minimum Gasteiger partial charge on any atom is -0.463 e. The van der Waals surface area contributed by atoms with E-state index >= 15 is 0 Å². The minimum atomic E-state index is 0.708. The van der Waals surface area contributed by atoms with Gasteiger partial charge >= 0.3 is 0 Å². The molecule has 96 valence electrons. The molecular formula is C16H10N2O2. The second-order valence-electron chi connectivity index (χ2n) is 4.40. The normalized spacial score (nSPS) is 11.0.